The van der Waals surface area contributed by atoms with Gasteiger partial charge in [0.2, 0.25) is 5.91 Å². The number of rotatable bonds is 5. The maximum absolute atomic E-state index is 12.7. The molecule has 4 rings (SSSR count). The minimum Gasteiger partial charge on any atom is -0.468 e. The first-order chi connectivity index (χ1) is 14.8. The summed E-state index contributed by atoms with van der Waals surface area (Å²) in [5.41, 5.74) is 2.11. The number of amides is 1. The fourth-order valence-electron chi connectivity index (χ4n) is 4.63. The normalized spacial score (nSPS) is 20.3. The lowest BCUT2D eigenvalue weighted by Gasteiger charge is -2.33. The molecule has 1 unspecified atom stereocenters. The Kier molecular flexibility index (Phi) is 6.52. The van der Waals surface area contributed by atoms with E-state index in [1.54, 1.807) is 17.6 Å². The lowest BCUT2D eigenvalue weighted by Crippen LogP contribution is -2.48. The van der Waals surface area contributed by atoms with Crippen LogP contribution in [0, 0.1) is 22.7 Å². The molecule has 6 nitrogen and oxygen atoms in total. The second-order valence-electron chi connectivity index (χ2n) is 9.81. The molecule has 1 aliphatic carbocycles. The molecule has 1 N–H and O–H groups in total. The summed E-state index contributed by atoms with van der Waals surface area (Å²) >= 11 is 1.61. The van der Waals surface area contributed by atoms with Crippen LogP contribution in [0.1, 0.15) is 49.0 Å². The quantitative estimate of drug-likeness (QED) is 0.757. The average Bonchev–Trinajstić information content (AvgIpc) is 3.35. The van der Waals surface area contributed by atoms with Gasteiger partial charge in [-0.3, -0.25) is 14.6 Å². The summed E-state index contributed by atoms with van der Waals surface area (Å²) in [6, 6.07) is 6.27. The van der Waals surface area contributed by atoms with Crippen molar-refractivity contribution in [3.8, 4) is 6.07 Å². The number of nitriles is 1. The van der Waals surface area contributed by atoms with Crippen LogP contribution in [0.25, 0.3) is 0 Å². The van der Waals surface area contributed by atoms with Gasteiger partial charge in [-0.2, -0.15) is 5.26 Å². The molecule has 1 amide bonds. The molecule has 3 heterocycles. The van der Waals surface area contributed by atoms with E-state index in [2.05, 4.69) is 42.0 Å². The number of hydrogen-bond donors (Lipinski definition) is 1. The second kappa shape index (κ2) is 9.15. The number of nitrogens with one attached hydrogen (secondary N) is 1. The van der Waals surface area contributed by atoms with E-state index in [0.717, 1.165) is 68.3 Å². The fourth-order valence-corrected chi connectivity index (χ4v) is 5.92. The van der Waals surface area contributed by atoms with Gasteiger partial charge in [-0.05, 0) is 48.3 Å². The van der Waals surface area contributed by atoms with Gasteiger partial charge in [0.25, 0.3) is 0 Å². The van der Waals surface area contributed by atoms with Crippen molar-refractivity contribution in [2.75, 3.05) is 38.0 Å². The molecule has 0 bridgehead atoms. The molecule has 2 aromatic rings. The van der Waals surface area contributed by atoms with Crippen molar-refractivity contribution in [3.05, 3.63) is 40.2 Å². The zero-order valence-electron chi connectivity index (χ0n) is 18.7. The minimum absolute atomic E-state index is 0.0260. The molecule has 2 aliphatic rings. The van der Waals surface area contributed by atoms with E-state index in [9.17, 15) is 10.1 Å². The number of anilines is 1. The predicted molar refractivity (Wildman–Crippen MR) is 123 cm³/mol. The maximum Gasteiger partial charge on any atom is 0.239 e. The van der Waals surface area contributed by atoms with Gasteiger partial charge in [0.05, 0.1) is 24.9 Å². The van der Waals surface area contributed by atoms with Crippen LogP contribution in [-0.4, -0.2) is 48.4 Å². The Balaban J connectivity index is 1.32. The number of fused-ring (bicyclic) bond motifs is 1. The third kappa shape index (κ3) is 5.20. The van der Waals surface area contributed by atoms with Gasteiger partial charge in [0.15, 0.2) is 0 Å². The number of carbonyl (C=O) groups excluding carboxylic acids is 1. The summed E-state index contributed by atoms with van der Waals surface area (Å²) < 4.78 is 5.43. The number of hydrogen-bond acceptors (Lipinski definition) is 6. The van der Waals surface area contributed by atoms with Crippen LogP contribution in [0.2, 0.25) is 0 Å². The summed E-state index contributed by atoms with van der Waals surface area (Å²) in [4.78, 5) is 18.6. The maximum atomic E-state index is 12.7. The molecular formula is C24H32N4O2S. The van der Waals surface area contributed by atoms with Gasteiger partial charge < -0.3 is 9.73 Å². The molecule has 7 heteroatoms. The highest BCUT2D eigenvalue weighted by Crippen LogP contribution is 2.43. The Morgan fingerprint density at radius 2 is 2.03 bits per heavy atom. The van der Waals surface area contributed by atoms with Crippen LogP contribution in [0.5, 0.6) is 0 Å². The highest BCUT2D eigenvalue weighted by atomic mass is 32.1. The van der Waals surface area contributed by atoms with Crippen LogP contribution < -0.4 is 5.32 Å². The number of nitrogens with zero attached hydrogens (tertiary/aromatic N) is 3. The van der Waals surface area contributed by atoms with Crippen LogP contribution in [0.4, 0.5) is 5.00 Å². The molecular weight excluding hydrogens is 408 g/mol. The van der Waals surface area contributed by atoms with E-state index >= 15 is 0 Å². The van der Waals surface area contributed by atoms with Crippen LogP contribution in [0.15, 0.2) is 22.8 Å². The van der Waals surface area contributed by atoms with Gasteiger partial charge in [-0.15, -0.1) is 11.3 Å². The molecule has 1 saturated heterocycles. The zero-order chi connectivity index (χ0) is 22.0. The van der Waals surface area contributed by atoms with E-state index in [1.165, 1.54) is 4.88 Å². The lowest BCUT2D eigenvalue weighted by molar-refractivity contribution is -0.117. The zero-order valence-corrected chi connectivity index (χ0v) is 19.6. The number of carbonyl (C=O) groups is 1. The molecule has 166 valence electrons. The third-order valence-corrected chi connectivity index (χ3v) is 7.82. The lowest BCUT2D eigenvalue weighted by atomic mass is 9.72. The van der Waals surface area contributed by atoms with Crippen molar-refractivity contribution >= 4 is 22.2 Å². The highest BCUT2D eigenvalue weighted by molar-refractivity contribution is 7.16. The van der Waals surface area contributed by atoms with Gasteiger partial charge in [0.1, 0.15) is 16.8 Å². The first-order valence-electron chi connectivity index (χ1n) is 11.1. The average molecular weight is 441 g/mol. The van der Waals surface area contributed by atoms with Crippen LogP contribution >= 0.6 is 11.3 Å². The van der Waals surface area contributed by atoms with E-state index in [4.69, 9.17) is 4.42 Å². The summed E-state index contributed by atoms with van der Waals surface area (Å²) in [6.45, 7) is 11.6. The Bertz CT molecular complexity index is 944. The van der Waals surface area contributed by atoms with E-state index in [1.807, 2.05) is 12.1 Å². The first kappa shape index (κ1) is 22.1. The Labute approximate surface area is 188 Å². The fraction of sp³-hybridized carbons (Fsp3) is 0.583. The Morgan fingerprint density at radius 1 is 1.29 bits per heavy atom. The second-order valence-corrected chi connectivity index (χ2v) is 10.9. The smallest absolute Gasteiger partial charge is 0.239 e. The summed E-state index contributed by atoms with van der Waals surface area (Å²) in [5.74, 6) is 1.57. The summed E-state index contributed by atoms with van der Waals surface area (Å²) in [6.07, 6.45) is 4.75. The Morgan fingerprint density at radius 3 is 2.68 bits per heavy atom. The van der Waals surface area contributed by atoms with Gasteiger partial charge in [-0.25, -0.2) is 0 Å². The molecule has 1 aliphatic heterocycles. The predicted octanol–water partition coefficient (Wildman–Crippen LogP) is 4.12. The van der Waals surface area contributed by atoms with Crippen molar-refractivity contribution in [3.63, 3.8) is 0 Å². The molecule has 0 saturated carbocycles. The van der Waals surface area contributed by atoms with Gasteiger partial charge in [0, 0.05) is 31.1 Å². The largest absolute Gasteiger partial charge is 0.468 e. The van der Waals surface area contributed by atoms with Gasteiger partial charge >= 0.3 is 0 Å². The molecule has 1 fully saturated rings. The van der Waals surface area contributed by atoms with Crippen molar-refractivity contribution in [2.24, 2.45) is 11.3 Å². The first-order valence-corrected chi connectivity index (χ1v) is 12.0. The minimum atomic E-state index is -0.0260. The molecule has 0 spiro atoms. The van der Waals surface area contributed by atoms with Crippen LogP contribution in [-0.2, 0) is 24.2 Å². The molecule has 1 atom stereocenters. The van der Waals surface area contributed by atoms with Crippen LogP contribution in [0.3, 0.4) is 0 Å². The monoisotopic (exact) mass is 440 g/mol. The van der Waals surface area contributed by atoms with Crippen molar-refractivity contribution in [1.29, 1.82) is 5.26 Å². The molecule has 0 aromatic carbocycles. The third-order valence-electron chi connectivity index (χ3n) is 6.65. The van der Waals surface area contributed by atoms with Crippen molar-refractivity contribution < 1.29 is 9.21 Å². The topological polar surface area (TPSA) is 72.5 Å². The van der Waals surface area contributed by atoms with Gasteiger partial charge in [-0.1, -0.05) is 20.8 Å². The number of furan rings is 1. The highest BCUT2D eigenvalue weighted by Gasteiger charge is 2.32. The van der Waals surface area contributed by atoms with Crippen molar-refractivity contribution in [1.82, 2.24) is 9.80 Å². The van der Waals surface area contributed by atoms with E-state index in [0.29, 0.717) is 18.0 Å². The molecule has 0 radical (unpaired) electrons. The van der Waals surface area contributed by atoms with E-state index in [-0.39, 0.29) is 11.3 Å². The summed E-state index contributed by atoms with van der Waals surface area (Å²) in [7, 11) is 0. The molecule has 31 heavy (non-hydrogen) atoms. The number of piperazine rings is 1. The number of thiophene rings is 1. The standard InChI is InChI=1S/C24H32N4O2S/c1-24(2,3)17-6-7-19-20(14-25)23(31-21(19)13-17)26-22(29)16-28-10-8-27(9-11-28)15-18-5-4-12-30-18/h4-5,12,17H,6-11,13,15-16H2,1-3H3,(H,26,29). The summed E-state index contributed by atoms with van der Waals surface area (Å²) in [5, 5.41) is 13.5. The molecule has 2 aromatic heterocycles. The SMILES string of the molecule is CC(C)(C)C1CCc2c(sc(NC(=O)CN3CCN(Cc4ccco4)CC3)c2C#N)C1. The van der Waals surface area contributed by atoms with Crippen molar-refractivity contribution in [2.45, 2.75) is 46.6 Å². The van der Waals surface area contributed by atoms with E-state index < -0.39 is 0 Å². The Hall–Kier alpha value is -2.14.